The first-order chi connectivity index (χ1) is 7.65. The molecule has 0 saturated carbocycles. The van der Waals surface area contributed by atoms with Crippen molar-refractivity contribution < 1.29 is 4.74 Å². The minimum atomic E-state index is 0.0996. The number of rotatable bonds is 5. The molecule has 3 heteroatoms. The molecule has 2 N–H and O–H groups in total. The van der Waals surface area contributed by atoms with Gasteiger partial charge in [-0.2, -0.15) is 0 Å². The Labute approximate surface area is 102 Å². The van der Waals surface area contributed by atoms with Gasteiger partial charge in [-0.25, -0.2) is 0 Å². The van der Waals surface area contributed by atoms with E-state index in [-0.39, 0.29) is 6.04 Å². The van der Waals surface area contributed by atoms with E-state index in [1.165, 1.54) is 0 Å². The van der Waals surface area contributed by atoms with Crippen LogP contribution in [0.25, 0.3) is 0 Å². The molecule has 0 aliphatic carbocycles. The van der Waals surface area contributed by atoms with Gasteiger partial charge in [-0.05, 0) is 31.9 Å². The molecule has 88 valence electrons. The molecule has 1 aromatic rings. The third kappa shape index (κ3) is 3.87. The van der Waals surface area contributed by atoms with Crippen LogP contribution in [0.4, 0.5) is 0 Å². The Kier molecular flexibility index (Phi) is 5.36. The smallest absolute Gasteiger partial charge is 0.141 e. The van der Waals surface area contributed by atoms with E-state index in [2.05, 4.69) is 0 Å². The molecule has 2 nitrogen and oxygen atoms in total. The Hall–Kier alpha value is -0.990. The summed E-state index contributed by atoms with van der Waals surface area (Å²) in [7, 11) is 0. The van der Waals surface area contributed by atoms with Gasteiger partial charge in [-0.1, -0.05) is 35.9 Å². The van der Waals surface area contributed by atoms with E-state index in [1.807, 2.05) is 44.2 Å². The van der Waals surface area contributed by atoms with Crippen molar-refractivity contribution >= 4 is 11.6 Å². The third-order valence-electron chi connectivity index (χ3n) is 2.15. The van der Waals surface area contributed by atoms with Crippen LogP contribution in [0.1, 0.15) is 19.4 Å². The zero-order valence-electron chi connectivity index (χ0n) is 9.74. The summed E-state index contributed by atoms with van der Waals surface area (Å²) in [4.78, 5) is 0. The van der Waals surface area contributed by atoms with E-state index in [4.69, 9.17) is 22.1 Å². The van der Waals surface area contributed by atoms with E-state index in [0.717, 1.165) is 17.7 Å². The molecule has 0 amide bonds. The van der Waals surface area contributed by atoms with Crippen molar-refractivity contribution in [3.05, 3.63) is 40.9 Å². The molecule has 0 aliphatic heterocycles. The van der Waals surface area contributed by atoms with Crippen LogP contribution >= 0.6 is 11.6 Å². The van der Waals surface area contributed by atoms with Gasteiger partial charge in [0.05, 0.1) is 5.02 Å². The van der Waals surface area contributed by atoms with Crippen molar-refractivity contribution in [3.63, 3.8) is 0 Å². The fourth-order valence-electron chi connectivity index (χ4n) is 1.45. The maximum Gasteiger partial charge on any atom is 0.141 e. The van der Waals surface area contributed by atoms with Crippen LogP contribution in [-0.2, 0) is 6.42 Å². The van der Waals surface area contributed by atoms with Crippen molar-refractivity contribution in [2.75, 3.05) is 6.61 Å². The minimum absolute atomic E-state index is 0.0996. The van der Waals surface area contributed by atoms with E-state index in [0.29, 0.717) is 11.6 Å². The number of ether oxygens (including phenoxy) is 1. The number of allylic oxidation sites excluding steroid dienone is 1. The second-order valence-corrected chi connectivity index (χ2v) is 4.20. The van der Waals surface area contributed by atoms with Crippen LogP contribution < -0.4 is 10.5 Å². The van der Waals surface area contributed by atoms with Crippen molar-refractivity contribution in [1.82, 2.24) is 0 Å². The van der Waals surface area contributed by atoms with E-state index in [1.54, 1.807) is 0 Å². The standard InChI is InChI=1S/C13H18ClNO/c1-3-4-8-16-13-11(9-10(2)15)6-5-7-12(13)14/h3-7,10H,8-9,15H2,1-2H3/b4-3+. The van der Waals surface area contributed by atoms with Gasteiger partial charge in [-0.15, -0.1) is 0 Å². The van der Waals surface area contributed by atoms with Gasteiger partial charge in [-0.3, -0.25) is 0 Å². The topological polar surface area (TPSA) is 35.2 Å². The van der Waals surface area contributed by atoms with Gasteiger partial charge in [0.1, 0.15) is 12.4 Å². The maximum absolute atomic E-state index is 6.10. The summed E-state index contributed by atoms with van der Waals surface area (Å²) < 4.78 is 5.63. The summed E-state index contributed by atoms with van der Waals surface area (Å²) in [6.45, 7) is 4.46. The van der Waals surface area contributed by atoms with E-state index < -0.39 is 0 Å². The maximum atomic E-state index is 6.10. The Balaban J connectivity index is 2.85. The molecule has 0 aromatic heterocycles. The molecular weight excluding hydrogens is 222 g/mol. The van der Waals surface area contributed by atoms with Crippen molar-refractivity contribution in [2.45, 2.75) is 26.3 Å². The molecule has 0 spiro atoms. The summed E-state index contributed by atoms with van der Waals surface area (Å²) in [6.07, 6.45) is 4.66. The second-order valence-electron chi connectivity index (χ2n) is 3.79. The molecule has 0 heterocycles. The highest BCUT2D eigenvalue weighted by atomic mass is 35.5. The molecule has 1 rings (SSSR count). The lowest BCUT2D eigenvalue weighted by molar-refractivity contribution is 0.358. The number of nitrogens with two attached hydrogens (primary N) is 1. The molecule has 1 aromatic carbocycles. The molecule has 0 fully saturated rings. The predicted octanol–water partition coefficient (Wildman–Crippen LogP) is 3.18. The van der Waals surface area contributed by atoms with Crippen molar-refractivity contribution in [3.8, 4) is 5.75 Å². The summed E-state index contributed by atoms with van der Waals surface area (Å²) >= 11 is 6.10. The highest BCUT2D eigenvalue weighted by Gasteiger charge is 2.09. The summed E-state index contributed by atoms with van der Waals surface area (Å²) in [5.74, 6) is 0.750. The average Bonchev–Trinajstić information content (AvgIpc) is 2.21. The molecule has 0 saturated heterocycles. The summed E-state index contributed by atoms with van der Waals surface area (Å²) in [6, 6.07) is 5.85. The first kappa shape index (κ1) is 13.1. The number of halogens is 1. The number of benzene rings is 1. The van der Waals surface area contributed by atoms with Gasteiger partial charge < -0.3 is 10.5 Å². The van der Waals surface area contributed by atoms with Crippen molar-refractivity contribution in [2.24, 2.45) is 5.73 Å². The molecule has 0 bridgehead atoms. The van der Waals surface area contributed by atoms with Gasteiger partial charge in [0.2, 0.25) is 0 Å². The predicted molar refractivity (Wildman–Crippen MR) is 69.1 cm³/mol. The molecular formula is C13H18ClNO. The lowest BCUT2D eigenvalue weighted by atomic mass is 10.1. The Bertz CT molecular complexity index is 361. The first-order valence-corrected chi connectivity index (χ1v) is 5.80. The van der Waals surface area contributed by atoms with E-state index in [9.17, 15) is 0 Å². The zero-order chi connectivity index (χ0) is 12.0. The zero-order valence-corrected chi connectivity index (χ0v) is 10.5. The quantitative estimate of drug-likeness (QED) is 0.801. The molecule has 16 heavy (non-hydrogen) atoms. The van der Waals surface area contributed by atoms with Crippen LogP contribution in [0.3, 0.4) is 0 Å². The van der Waals surface area contributed by atoms with Gasteiger partial charge in [0.15, 0.2) is 0 Å². The second kappa shape index (κ2) is 6.56. The highest BCUT2D eigenvalue weighted by molar-refractivity contribution is 6.32. The van der Waals surface area contributed by atoms with Gasteiger partial charge in [0.25, 0.3) is 0 Å². The fraction of sp³-hybridized carbons (Fsp3) is 0.385. The number of hydrogen-bond donors (Lipinski definition) is 1. The fourth-order valence-corrected chi connectivity index (χ4v) is 1.70. The van der Waals surface area contributed by atoms with Crippen LogP contribution in [0.2, 0.25) is 5.02 Å². The monoisotopic (exact) mass is 239 g/mol. The average molecular weight is 240 g/mol. The lowest BCUT2D eigenvalue weighted by Gasteiger charge is -2.13. The van der Waals surface area contributed by atoms with Crippen LogP contribution in [0, 0.1) is 0 Å². The molecule has 0 aliphatic rings. The third-order valence-corrected chi connectivity index (χ3v) is 2.45. The summed E-state index contributed by atoms with van der Waals surface area (Å²) in [5.41, 5.74) is 6.85. The van der Waals surface area contributed by atoms with Crippen LogP contribution in [0.15, 0.2) is 30.4 Å². The SMILES string of the molecule is C/C=C/COc1c(Cl)cccc1CC(C)N. The molecule has 1 unspecified atom stereocenters. The van der Waals surface area contributed by atoms with E-state index >= 15 is 0 Å². The molecule has 1 atom stereocenters. The normalized spacial score (nSPS) is 13.0. The van der Waals surface area contributed by atoms with Gasteiger partial charge in [0, 0.05) is 6.04 Å². The highest BCUT2D eigenvalue weighted by Crippen LogP contribution is 2.29. The lowest BCUT2D eigenvalue weighted by Crippen LogP contribution is -2.18. The summed E-state index contributed by atoms with van der Waals surface area (Å²) in [5, 5.41) is 0.641. The minimum Gasteiger partial charge on any atom is -0.488 e. The van der Waals surface area contributed by atoms with Crippen LogP contribution in [0.5, 0.6) is 5.75 Å². The van der Waals surface area contributed by atoms with Crippen LogP contribution in [-0.4, -0.2) is 12.6 Å². The van der Waals surface area contributed by atoms with Gasteiger partial charge >= 0.3 is 0 Å². The Morgan fingerprint density at radius 3 is 2.88 bits per heavy atom. The van der Waals surface area contributed by atoms with Crippen molar-refractivity contribution in [1.29, 1.82) is 0 Å². The number of para-hydroxylation sites is 1. The largest absolute Gasteiger partial charge is 0.488 e. The Morgan fingerprint density at radius 1 is 1.50 bits per heavy atom. The number of hydrogen-bond acceptors (Lipinski definition) is 2. The molecule has 0 radical (unpaired) electrons. The Morgan fingerprint density at radius 2 is 2.25 bits per heavy atom. The first-order valence-electron chi connectivity index (χ1n) is 5.42.